The van der Waals surface area contributed by atoms with Gasteiger partial charge in [-0.05, 0) is 36.4 Å². The van der Waals surface area contributed by atoms with E-state index in [1.807, 2.05) is 0 Å². The van der Waals surface area contributed by atoms with E-state index in [1.165, 1.54) is 24.3 Å². The van der Waals surface area contributed by atoms with Gasteiger partial charge < -0.3 is 5.11 Å². The van der Waals surface area contributed by atoms with Gasteiger partial charge in [0.25, 0.3) is 5.91 Å². The maximum absolute atomic E-state index is 13.2. The molecule has 0 spiro atoms. The minimum Gasteiger partial charge on any atom is -0.480 e. The molecule has 0 heterocycles. The van der Waals surface area contributed by atoms with Crippen LogP contribution in [-0.2, 0) is 4.79 Å². The van der Waals surface area contributed by atoms with Crippen LogP contribution in [0.2, 0.25) is 5.02 Å². The smallest absolute Gasteiger partial charge is 0.323 e. The second-order valence-electron chi connectivity index (χ2n) is 4.28. The predicted molar refractivity (Wildman–Crippen MR) is 77.2 cm³/mol. The van der Waals surface area contributed by atoms with Crippen LogP contribution in [-0.4, -0.2) is 23.5 Å². The van der Waals surface area contributed by atoms with Crippen LogP contribution in [0, 0.1) is 5.82 Å². The van der Waals surface area contributed by atoms with Crippen LogP contribution in [0.15, 0.2) is 48.5 Å². The number of carboxylic acids is 1. The normalized spacial score (nSPS) is 10.2. The van der Waals surface area contributed by atoms with Crippen molar-refractivity contribution in [1.29, 1.82) is 0 Å². The Balaban J connectivity index is 2.40. The van der Waals surface area contributed by atoms with Gasteiger partial charge in [-0.1, -0.05) is 23.7 Å². The first-order chi connectivity index (χ1) is 9.97. The highest BCUT2D eigenvalue weighted by Gasteiger charge is 2.21. The Hall–Kier alpha value is -2.40. The van der Waals surface area contributed by atoms with Crippen molar-refractivity contribution in [1.82, 2.24) is 0 Å². The summed E-state index contributed by atoms with van der Waals surface area (Å²) >= 11 is 5.86. The van der Waals surface area contributed by atoms with Crippen LogP contribution in [0.3, 0.4) is 0 Å². The SMILES string of the molecule is O=C(O)CN(C(=O)c1cccc(F)c1)c1cccc(Cl)c1. The standard InChI is InChI=1S/C15H11ClFNO3/c16-11-4-2-6-13(8-11)18(9-14(19)20)15(21)10-3-1-5-12(17)7-10/h1-8H,9H2,(H,19,20). The number of nitrogens with zero attached hydrogens (tertiary/aromatic N) is 1. The molecule has 0 saturated carbocycles. The zero-order chi connectivity index (χ0) is 15.4. The highest BCUT2D eigenvalue weighted by molar-refractivity contribution is 6.31. The second-order valence-corrected chi connectivity index (χ2v) is 4.71. The quantitative estimate of drug-likeness (QED) is 0.943. The van der Waals surface area contributed by atoms with Crippen molar-refractivity contribution in [2.24, 2.45) is 0 Å². The number of aliphatic carboxylic acids is 1. The summed E-state index contributed by atoms with van der Waals surface area (Å²) in [4.78, 5) is 24.4. The number of hydrogen-bond acceptors (Lipinski definition) is 2. The van der Waals surface area contributed by atoms with Crippen LogP contribution in [0.1, 0.15) is 10.4 Å². The van der Waals surface area contributed by atoms with Gasteiger partial charge in [-0.25, -0.2) is 4.39 Å². The van der Waals surface area contributed by atoms with E-state index >= 15 is 0 Å². The lowest BCUT2D eigenvalue weighted by Crippen LogP contribution is -2.35. The van der Waals surface area contributed by atoms with E-state index < -0.39 is 24.2 Å². The third-order valence-electron chi connectivity index (χ3n) is 2.73. The maximum atomic E-state index is 13.2. The Morgan fingerprint density at radius 3 is 2.48 bits per heavy atom. The Bertz CT molecular complexity index is 690. The van der Waals surface area contributed by atoms with Crippen molar-refractivity contribution in [2.45, 2.75) is 0 Å². The van der Waals surface area contributed by atoms with Gasteiger partial charge in [0, 0.05) is 16.3 Å². The summed E-state index contributed by atoms with van der Waals surface area (Å²) in [5.74, 6) is -2.36. The summed E-state index contributed by atoms with van der Waals surface area (Å²) in [6, 6.07) is 11.3. The fraction of sp³-hybridized carbons (Fsp3) is 0.0667. The molecular formula is C15H11ClFNO3. The van der Waals surface area contributed by atoms with E-state index in [0.29, 0.717) is 10.7 Å². The fourth-order valence-corrected chi connectivity index (χ4v) is 2.02. The molecule has 0 aliphatic carbocycles. The number of carbonyl (C=O) groups is 2. The molecule has 4 nitrogen and oxygen atoms in total. The van der Waals surface area contributed by atoms with Gasteiger partial charge >= 0.3 is 5.97 Å². The second kappa shape index (κ2) is 6.37. The van der Waals surface area contributed by atoms with Gasteiger partial charge in [0.2, 0.25) is 0 Å². The molecular weight excluding hydrogens is 297 g/mol. The number of benzene rings is 2. The summed E-state index contributed by atoms with van der Waals surface area (Å²) in [7, 11) is 0. The van der Waals surface area contributed by atoms with Crippen LogP contribution < -0.4 is 4.90 Å². The van der Waals surface area contributed by atoms with Crippen molar-refractivity contribution < 1.29 is 19.1 Å². The summed E-state index contributed by atoms with van der Waals surface area (Å²) in [6.45, 7) is -0.546. The molecule has 21 heavy (non-hydrogen) atoms. The summed E-state index contributed by atoms with van der Waals surface area (Å²) in [5.41, 5.74) is 0.399. The lowest BCUT2D eigenvalue weighted by atomic mass is 10.1. The Kier molecular flexibility index (Phi) is 4.55. The van der Waals surface area contributed by atoms with Crippen molar-refractivity contribution in [2.75, 3.05) is 11.4 Å². The summed E-state index contributed by atoms with van der Waals surface area (Å²) < 4.78 is 13.2. The first-order valence-electron chi connectivity index (χ1n) is 6.02. The molecule has 1 amide bonds. The summed E-state index contributed by atoms with van der Waals surface area (Å²) in [6.07, 6.45) is 0. The van der Waals surface area contributed by atoms with Gasteiger partial charge in [-0.3, -0.25) is 14.5 Å². The van der Waals surface area contributed by atoms with Crippen molar-refractivity contribution in [3.8, 4) is 0 Å². The fourth-order valence-electron chi connectivity index (χ4n) is 1.84. The minimum absolute atomic E-state index is 0.0659. The average molecular weight is 308 g/mol. The molecule has 2 rings (SSSR count). The van der Waals surface area contributed by atoms with E-state index in [4.69, 9.17) is 16.7 Å². The molecule has 0 radical (unpaired) electrons. The summed E-state index contributed by atoms with van der Waals surface area (Å²) in [5, 5.41) is 9.33. The molecule has 0 unspecified atom stereocenters. The molecule has 2 aromatic carbocycles. The molecule has 0 bridgehead atoms. The van der Waals surface area contributed by atoms with Crippen LogP contribution in [0.25, 0.3) is 0 Å². The van der Waals surface area contributed by atoms with Crippen LogP contribution in [0.4, 0.5) is 10.1 Å². The highest BCUT2D eigenvalue weighted by atomic mass is 35.5. The van der Waals surface area contributed by atoms with E-state index in [-0.39, 0.29) is 5.56 Å². The maximum Gasteiger partial charge on any atom is 0.323 e. The van der Waals surface area contributed by atoms with Gasteiger partial charge in [-0.2, -0.15) is 0 Å². The van der Waals surface area contributed by atoms with Crippen molar-refractivity contribution in [3.63, 3.8) is 0 Å². The largest absolute Gasteiger partial charge is 0.480 e. The van der Waals surface area contributed by atoms with Gasteiger partial charge in [0.05, 0.1) is 0 Å². The van der Waals surface area contributed by atoms with Gasteiger partial charge in [0.15, 0.2) is 0 Å². The molecule has 0 aliphatic heterocycles. The molecule has 0 aromatic heterocycles. The molecule has 108 valence electrons. The number of amides is 1. The Morgan fingerprint density at radius 1 is 1.14 bits per heavy atom. The number of hydrogen-bond donors (Lipinski definition) is 1. The number of carbonyl (C=O) groups excluding carboxylic acids is 1. The number of anilines is 1. The van der Waals surface area contributed by atoms with E-state index in [9.17, 15) is 14.0 Å². The van der Waals surface area contributed by atoms with Crippen molar-refractivity contribution in [3.05, 3.63) is 64.9 Å². The molecule has 6 heteroatoms. The Labute approximate surface area is 125 Å². The molecule has 0 saturated heterocycles. The number of carboxylic acid groups (broad SMARTS) is 1. The number of rotatable bonds is 4. The lowest BCUT2D eigenvalue weighted by Gasteiger charge is -2.21. The Morgan fingerprint density at radius 2 is 1.86 bits per heavy atom. The number of halogens is 2. The zero-order valence-corrected chi connectivity index (χ0v) is 11.5. The van der Waals surface area contributed by atoms with Crippen LogP contribution >= 0.6 is 11.6 Å². The first kappa shape index (κ1) is 15.0. The first-order valence-corrected chi connectivity index (χ1v) is 6.40. The van der Waals surface area contributed by atoms with Gasteiger partial charge in [0.1, 0.15) is 12.4 Å². The highest BCUT2D eigenvalue weighted by Crippen LogP contribution is 2.21. The molecule has 2 aromatic rings. The van der Waals surface area contributed by atoms with Gasteiger partial charge in [-0.15, -0.1) is 0 Å². The monoisotopic (exact) mass is 307 g/mol. The predicted octanol–water partition coefficient (Wildman–Crippen LogP) is 3.21. The topological polar surface area (TPSA) is 57.6 Å². The molecule has 1 N–H and O–H groups in total. The third kappa shape index (κ3) is 3.79. The van der Waals surface area contributed by atoms with E-state index in [0.717, 1.165) is 11.0 Å². The lowest BCUT2D eigenvalue weighted by molar-refractivity contribution is -0.135. The van der Waals surface area contributed by atoms with E-state index in [1.54, 1.807) is 18.2 Å². The molecule has 0 fully saturated rings. The van der Waals surface area contributed by atoms with Crippen molar-refractivity contribution >= 4 is 29.2 Å². The average Bonchev–Trinajstić information content (AvgIpc) is 2.44. The molecule has 0 atom stereocenters. The molecule has 0 aliphatic rings. The minimum atomic E-state index is -1.18. The van der Waals surface area contributed by atoms with E-state index in [2.05, 4.69) is 0 Å². The van der Waals surface area contributed by atoms with Crippen LogP contribution in [0.5, 0.6) is 0 Å². The third-order valence-corrected chi connectivity index (χ3v) is 2.97. The zero-order valence-electron chi connectivity index (χ0n) is 10.8.